The van der Waals surface area contributed by atoms with Gasteiger partial charge in [-0.3, -0.25) is 53.2 Å². The maximum Gasteiger partial charge on any atom is 0.407 e. The summed E-state index contributed by atoms with van der Waals surface area (Å²) in [6.45, 7) is 15.3. The molecule has 5 heterocycles. The third kappa shape index (κ3) is 24.8. The molecule has 4 aromatic rings. The number of nitrogens with one attached hydrogen (secondary N) is 6. The number of hydrogen-bond donors (Lipinski definition) is 7. The number of imide groups is 1. The minimum absolute atomic E-state index is 0.0562. The van der Waals surface area contributed by atoms with Crippen molar-refractivity contribution in [2.24, 2.45) is 21.6 Å². The molecule has 4 atom stereocenters. The molecule has 2 fully saturated rings. The zero-order valence-corrected chi connectivity index (χ0v) is 62.4. The Bertz CT molecular complexity index is 4040. The molecule has 4 aromatic carbocycles. The first kappa shape index (κ1) is 82.6. The number of anilines is 1. The third-order valence-corrected chi connectivity index (χ3v) is 18.1. The second kappa shape index (κ2) is 41.8. The predicted molar refractivity (Wildman–Crippen MR) is 405 cm³/mol. The van der Waals surface area contributed by atoms with E-state index < -0.39 is 36.0 Å². The van der Waals surface area contributed by atoms with Gasteiger partial charge in [0.1, 0.15) is 31.9 Å². The number of fused-ring (bicyclic) bond motifs is 4. The number of carbonyl (C=O) groups is 10. The Hall–Kier alpha value is -11.5. The van der Waals surface area contributed by atoms with Crippen LogP contribution in [0.5, 0.6) is 23.0 Å². The maximum atomic E-state index is 13.7. The van der Waals surface area contributed by atoms with E-state index in [0.29, 0.717) is 121 Å². The van der Waals surface area contributed by atoms with E-state index in [1.807, 2.05) is 18.2 Å². The summed E-state index contributed by atoms with van der Waals surface area (Å²) in [5.74, 6) is 4.51. The van der Waals surface area contributed by atoms with E-state index in [1.165, 1.54) is 26.4 Å². The summed E-state index contributed by atoms with van der Waals surface area (Å²) in [6.07, 6.45) is 8.75. The number of rotatable bonds is 42. The van der Waals surface area contributed by atoms with Crippen molar-refractivity contribution in [1.82, 2.24) is 41.3 Å². The zero-order chi connectivity index (χ0) is 78.5. The number of hydrogen-bond acceptors (Lipinski definition) is 21. The number of aliphatic imine (C=N–C) groups is 2. The summed E-state index contributed by atoms with van der Waals surface area (Å²) < 4.78 is 51.9. The maximum absolute atomic E-state index is 13.7. The first-order chi connectivity index (χ1) is 53.1. The number of alkyl carbamates (subject to hydrolysis) is 1. The second-order valence-corrected chi connectivity index (χ2v) is 26.8. The summed E-state index contributed by atoms with van der Waals surface area (Å²) in [5, 5.41) is 16.2. The van der Waals surface area contributed by atoms with Crippen LogP contribution in [0.4, 0.5) is 26.7 Å². The van der Waals surface area contributed by atoms with Crippen LogP contribution in [0.1, 0.15) is 115 Å². The summed E-state index contributed by atoms with van der Waals surface area (Å²) >= 11 is 0. The largest absolute Gasteiger partial charge is 0.493 e. The lowest BCUT2D eigenvalue weighted by molar-refractivity contribution is -0.137. The fraction of sp³-hybridized carbons (Fsp3) is 0.443. The third-order valence-electron chi connectivity index (χ3n) is 18.1. The lowest BCUT2D eigenvalue weighted by atomic mass is 10.0. The van der Waals surface area contributed by atoms with E-state index >= 15 is 0 Å². The molecule has 2 saturated heterocycles. The molecule has 0 aliphatic carbocycles. The van der Waals surface area contributed by atoms with Gasteiger partial charge in [0.2, 0.25) is 23.6 Å². The van der Waals surface area contributed by atoms with Crippen molar-refractivity contribution in [2.45, 2.75) is 116 Å². The SMILES string of the molecule is C=C1CC2C=Nc3cc(OCc4cc(C#CCNC(=O)CCOCCOCCOCCOCCNC(=O)OCc5ccc(NC(=O)C(CCCNC(N)=O)NC(=O)C(NC(=O)CCCCCN6C(=O)C=CC6=O)C(C)C)cc5)cc(COc5cc6c(cc5OC)C(=O)N5CC(=C)CC5C=N6)c4)c(OC)cc3C(=O)N2C1. The molecule has 0 aromatic heterocycles. The lowest BCUT2D eigenvalue weighted by Crippen LogP contribution is -2.54. The fourth-order valence-electron chi connectivity index (χ4n) is 12.4. The van der Waals surface area contributed by atoms with Crippen molar-refractivity contribution in [3.05, 3.63) is 137 Å². The van der Waals surface area contributed by atoms with Gasteiger partial charge in [-0.15, -0.1) is 0 Å². The molecule has 8 N–H and O–H groups in total. The van der Waals surface area contributed by atoms with Gasteiger partial charge in [-0.05, 0) is 104 Å². The van der Waals surface area contributed by atoms with Crippen LogP contribution in [0.15, 0.2) is 113 Å². The molecule has 9 rings (SSSR count). The molecule has 5 aliphatic rings. The van der Waals surface area contributed by atoms with E-state index in [-0.39, 0.29) is 165 Å². The van der Waals surface area contributed by atoms with Gasteiger partial charge in [-0.1, -0.05) is 68.5 Å². The predicted octanol–water partition coefficient (Wildman–Crippen LogP) is 6.18. The van der Waals surface area contributed by atoms with Crippen molar-refractivity contribution in [2.75, 3.05) is 112 Å². The quantitative estimate of drug-likeness (QED) is 0.0113. The van der Waals surface area contributed by atoms with Gasteiger partial charge in [0, 0.05) is 93.5 Å². The number of nitrogens with two attached hydrogens (primary N) is 1. The highest BCUT2D eigenvalue weighted by Gasteiger charge is 2.37. The van der Waals surface area contributed by atoms with Crippen LogP contribution in [-0.4, -0.2) is 217 Å². The molecule has 586 valence electrons. The van der Waals surface area contributed by atoms with Crippen molar-refractivity contribution >= 4 is 88.9 Å². The lowest BCUT2D eigenvalue weighted by Gasteiger charge is -2.25. The molecule has 0 bridgehead atoms. The summed E-state index contributed by atoms with van der Waals surface area (Å²) in [6, 6.07) is 15.7. The van der Waals surface area contributed by atoms with E-state index in [9.17, 15) is 47.9 Å². The Morgan fingerprint density at radius 1 is 0.591 bits per heavy atom. The van der Waals surface area contributed by atoms with Gasteiger partial charge in [0.25, 0.3) is 23.6 Å². The van der Waals surface area contributed by atoms with Crippen LogP contribution in [0.3, 0.4) is 0 Å². The molecule has 0 spiro atoms. The van der Waals surface area contributed by atoms with Gasteiger partial charge >= 0.3 is 12.1 Å². The number of urea groups is 1. The number of carbonyl (C=O) groups excluding carboxylic acids is 10. The van der Waals surface area contributed by atoms with Crippen LogP contribution >= 0.6 is 0 Å². The summed E-state index contributed by atoms with van der Waals surface area (Å²) in [7, 11) is 3.01. The van der Waals surface area contributed by atoms with E-state index in [4.69, 9.17) is 48.4 Å². The monoisotopic (exact) mass is 1520 g/mol. The Kier molecular flexibility index (Phi) is 31.4. The molecular formula is C79H96N12O19. The van der Waals surface area contributed by atoms with Crippen molar-refractivity contribution < 1.29 is 90.6 Å². The Balaban J connectivity index is 0.630. The first-order valence-corrected chi connectivity index (χ1v) is 36.5. The highest BCUT2D eigenvalue weighted by molar-refractivity contribution is 6.13. The number of ether oxygens (including phenoxy) is 9. The zero-order valence-electron chi connectivity index (χ0n) is 62.4. The van der Waals surface area contributed by atoms with Crippen LogP contribution in [0.2, 0.25) is 0 Å². The number of benzene rings is 4. The van der Waals surface area contributed by atoms with Gasteiger partial charge in [0.05, 0.1) is 108 Å². The van der Waals surface area contributed by atoms with Crippen LogP contribution in [-0.2, 0) is 72.3 Å². The van der Waals surface area contributed by atoms with Crippen LogP contribution in [0, 0.1) is 17.8 Å². The smallest absolute Gasteiger partial charge is 0.407 e. The Labute approximate surface area is 638 Å². The molecule has 0 saturated carbocycles. The normalized spacial score (nSPS) is 15.8. The highest BCUT2D eigenvalue weighted by Crippen LogP contribution is 2.41. The molecule has 0 radical (unpaired) electrons. The van der Waals surface area contributed by atoms with E-state index in [2.05, 4.69) is 66.9 Å². The molecule has 110 heavy (non-hydrogen) atoms. The molecule has 11 amide bonds. The molecule has 31 heteroatoms. The van der Waals surface area contributed by atoms with Gasteiger partial charge in [0.15, 0.2) is 23.0 Å². The highest BCUT2D eigenvalue weighted by atomic mass is 16.6. The van der Waals surface area contributed by atoms with Crippen molar-refractivity contribution in [1.29, 1.82) is 0 Å². The second-order valence-electron chi connectivity index (χ2n) is 26.8. The van der Waals surface area contributed by atoms with Gasteiger partial charge < -0.3 is 90.1 Å². The van der Waals surface area contributed by atoms with E-state index in [1.54, 1.807) is 84.6 Å². The van der Waals surface area contributed by atoms with Crippen LogP contribution in [0.25, 0.3) is 0 Å². The number of nitrogens with zero attached hydrogens (tertiary/aromatic N) is 5. The molecular weight excluding hydrogens is 1420 g/mol. The standard InChI is InChI=1S/C79H96N12O19/c1-50(2)73(88-70(93)14-8-7-9-25-89-71(94)19-20-72(89)95)75(97)87-62(13-11-23-82-78(80)100)74(96)86-57-17-15-53(16-18-57)47-110-79(101)83-24-27-105-29-31-107-33-32-106-30-28-104-26-21-69(92)81-22-10-12-54-36-55(48-108-67-41-63-60(39-65(67)102-5)76(98)90-45-51(3)34-58(90)43-84-63)38-56(37-54)49-109-68-42-64-61(40-66(68)103-6)77(99)91-46-52(4)35-59(91)44-85-64/h15-20,36-44,50,58-59,62,73H,3-4,7-9,11,13-14,21-35,45-49H2,1-2,5-6H3,(H,81,92)(H,83,101)(H,86,96)(H,87,97)(H,88,93)(H3,80,82,100). The molecule has 4 unspecified atom stereocenters. The Morgan fingerprint density at radius 2 is 1.15 bits per heavy atom. The minimum atomic E-state index is -1.06. The fourth-order valence-corrected chi connectivity index (χ4v) is 12.4. The average molecular weight is 1520 g/mol. The minimum Gasteiger partial charge on any atom is -0.493 e. The number of unbranched alkanes of at least 4 members (excludes halogenated alkanes) is 2. The molecule has 5 aliphatic heterocycles. The van der Waals surface area contributed by atoms with Crippen LogP contribution < -0.4 is 56.6 Å². The van der Waals surface area contributed by atoms with Crippen molar-refractivity contribution in [3.63, 3.8) is 0 Å². The Morgan fingerprint density at radius 3 is 1.71 bits per heavy atom. The van der Waals surface area contributed by atoms with Gasteiger partial charge in [-0.2, -0.15) is 0 Å². The summed E-state index contributed by atoms with van der Waals surface area (Å²) in [4.78, 5) is 142. The average Bonchev–Trinajstić information content (AvgIpc) is 1.62. The number of primary amides is 1. The topological polar surface area (TPSA) is 386 Å². The van der Waals surface area contributed by atoms with Crippen molar-refractivity contribution in [3.8, 4) is 34.8 Å². The number of amides is 11. The summed E-state index contributed by atoms with van der Waals surface area (Å²) in [5.41, 5.74) is 11.9. The molecule has 31 nitrogen and oxygen atoms in total. The van der Waals surface area contributed by atoms with Gasteiger partial charge in [-0.25, -0.2) is 9.59 Å². The first-order valence-electron chi connectivity index (χ1n) is 36.5. The number of methoxy groups -OCH3 is 2. The van der Waals surface area contributed by atoms with E-state index in [0.717, 1.165) is 27.2 Å².